The van der Waals surface area contributed by atoms with Crippen LogP contribution < -0.4 is 25.4 Å². The Balaban J connectivity index is 1.26. The average Bonchev–Trinajstić information content (AvgIpc) is 3.81. The summed E-state index contributed by atoms with van der Waals surface area (Å²) in [6.45, 7) is 8.67. The predicted octanol–water partition coefficient (Wildman–Crippen LogP) is 4.46. The number of alkyl halides is 3. The summed E-state index contributed by atoms with van der Waals surface area (Å²) in [5.41, 5.74) is 1.30. The number of hydrogen-bond acceptors (Lipinski definition) is 10. The van der Waals surface area contributed by atoms with Gasteiger partial charge in [0.25, 0.3) is 0 Å². The highest BCUT2D eigenvalue weighted by atomic mass is 19.4. The van der Waals surface area contributed by atoms with Crippen molar-refractivity contribution in [1.29, 1.82) is 0 Å². The van der Waals surface area contributed by atoms with Gasteiger partial charge >= 0.3 is 12.2 Å². The van der Waals surface area contributed by atoms with Crippen LogP contribution in [0.4, 0.5) is 33.5 Å². The number of anilines is 2. The van der Waals surface area contributed by atoms with E-state index in [9.17, 15) is 17.6 Å². The van der Waals surface area contributed by atoms with Crippen LogP contribution in [0, 0.1) is 24.0 Å². The predicted molar refractivity (Wildman–Crippen MR) is 162 cm³/mol. The average molecular weight is 662 g/mol. The van der Waals surface area contributed by atoms with Crippen molar-refractivity contribution in [2.75, 3.05) is 50.0 Å². The number of ether oxygens (including phenoxy) is 3. The van der Waals surface area contributed by atoms with Crippen molar-refractivity contribution in [3.8, 4) is 23.1 Å². The molecule has 3 N–H and O–H groups in total. The monoisotopic (exact) mass is 661 g/mol. The first-order chi connectivity index (χ1) is 22.4. The summed E-state index contributed by atoms with van der Waals surface area (Å²) in [6, 6.07) is 0.979. The van der Waals surface area contributed by atoms with E-state index in [4.69, 9.17) is 24.9 Å². The third-order valence-corrected chi connectivity index (χ3v) is 10.6. The topological polar surface area (TPSA) is 111 Å². The highest BCUT2D eigenvalue weighted by Gasteiger charge is 2.53. The molecule has 0 bridgehead atoms. The van der Waals surface area contributed by atoms with E-state index in [-0.39, 0.29) is 40.3 Å². The number of likely N-dealkylation sites (tertiary alicyclic amines) is 1. The maximum absolute atomic E-state index is 16.8. The molecule has 0 spiro atoms. The summed E-state index contributed by atoms with van der Waals surface area (Å²) in [7, 11) is 0. The van der Waals surface area contributed by atoms with Crippen molar-refractivity contribution in [2.45, 2.75) is 76.5 Å². The zero-order valence-corrected chi connectivity index (χ0v) is 26.3. The van der Waals surface area contributed by atoms with E-state index >= 15 is 4.39 Å². The lowest BCUT2D eigenvalue weighted by Gasteiger charge is -2.55. The molecule has 6 heterocycles. The van der Waals surface area contributed by atoms with Gasteiger partial charge in [0.05, 0.1) is 42.7 Å². The summed E-state index contributed by atoms with van der Waals surface area (Å²) in [6.07, 6.45) is -2.49. The third-order valence-electron chi connectivity index (χ3n) is 10.6. The highest BCUT2D eigenvalue weighted by Crippen LogP contribution is 2.50. The van der Waals surface area contributed by atoms with Gasteiger partial charge in [-0.1, -0.05) is 6.92 Å². The van der Waals surface area contributed by atoms with Crippen LogP contribution >= 0.6 is 0 Å². The number of pyridine rings is 1. The number of nitrogens with one attached hydrogen (secondary N) is 1. The lowest BCUT2D eigenvalue weighted by Crippen LogP contribution is -2.71. The van der Waals surface area contributed by atoms with E-state index in [0.717, 1.165) is 51.9 Å². The fourth-order valence-corrected chi connectivity index (χ4v) is 7.45. The summed E-state index contributed by atoms with van der Waals surface area (Å²) in [4.78, 5) is 18.0. The number of nitrogens with two attached hydrogens (primary N) is 1. The van der Waals surface area contributed by atoms with E-state index in [2.05, 4.69) is 27.1 Å². The Hall–Kier alpha value is -3.56. The van der Waals surface area contributed by atoms with Crippen LogP contribution in [0.15, 0.2) is 6.07 Å². The Bertz CT molecular complexity index is 1770. The molecule has 5 aliphatic rings. The van der Waals surface area contributed by atoms with Crippen LogP contribution in [0.3, 0.4) is 0 Å². The zero-order valence-electron chi connectivity index (χ0n) is 26.3. The van der Waals surface area contributed by atoms with Gasteiger partial charge in [0.1, 0.15) is 34.3 Å². The first kappa shape index (κ1) is 30.8. The first-order valence-electron chi connectivity index (χ1n) is 16.1. The minimum absolute atomic E-state index is 0.0834. The molecule has 10 nitrogen and oxygen atoms in total. The van der Waals surface area contributed by atoms with Crippen molar-refractivity contribution in [1.82, 2.24) is 25.2 Å². The van der Waals surface area contributed by atoms with Crippen LogP contribution in [0.2, 0.25) is 0 Å². The lowest BCUT2D eigenvalue weighted by atomic mass is 9.92. The van der Waals surface area contributed by atoms with Crippen LogP contribution in [0.1, 0.15) is 44.2 Å². The number of halogens is 5. The Morgan fingerprint density at radius 1 is 1.13 bits per heavy atom. The van der Waals surface area contributed by atoms with Gasteiger partial charge in [-0.15, -0.1) is 0 Å². The summed E-state index contributed by atoms with van der Waals surface area (Å²) < 4.78 is 92.7. The van der Waals surface area contributed by atoms with Gasteiger partial charge in [0, 0.05) is 43.2 Å². The molecular weight excluding hydrogens is 625 g/mol. The van der Waals surface area contributed by atoms with Crippen LogP contribution in [-0.4, -0.2) is 89.6 Å². The molecule has 4 fully saturated rings. The maximum Gasteiger partial charge on any atom is 0.417 e. The van der Waals surface area contributed by atoms with E-state index in [1.165, 1.54) is 0 Å². The molecule has 252 valence electrons. The number of morpholine rings is 1. The number of hydrogen-bond donors (Lipinski definition) is 2. The third kappa shape index (κ3) is 4.95. The molecule has 0 radical (unpaired) electrons. The second-order valence-electron chi connectivity index (χ2n) is 13.7. The van der Waals surface area contributed by atoms with E-state index in [0.29, 0.717) is 37.7 Å². The minimum atomic E-state index is -5.04. The van der Waals surface area contributed by atoms with Gasteiger partial charge in [-0.3, -0.25) is 4.90 Å². The van der Waals surface area contributed by atoms with Gasteiger partial charge in [0.15, 0.2) is 5.82 Å². The number of piperazine rings is 1. The minimum Gasteiger partial charge on any atom is -0.472 e. The number of benzene rings is 1. The number of rotatable bonds is 7. The quantitative estimate of drug-likeness (QED) is 0.278. The van der Waals surface area contributed by atoms with E-state index in [1.807, 2.05) is 11.8 Å². The fraction of sp³-hybridized carbons (Fsp3) is 0.594. The molecule has 5 atom stereocenters. The summed E-state index contributed by atoms with van der Waals surface area (Å²) >= 11 is 0. The van der Waals surface area contributed by atoms with Crippen LogP contribution in [-0.2, 0) is 10.9 Å². The van der Waals surface area contributed by atoms with Gasteiger partial charge in [-0.25, -0.2) is 13.8 Å². The summed E-state index contributed by atoms with van der Waals surface area (Å²) in [5, 5.41) is 3.65. The molecule has 3 saturated heterocycles. The standard InChI is InChI=1S/C32H36F5N7O3/c1-4-16-9-44-19(8-39-16)15(3)47-29-22-27(25(34)26(40-29)17-7-18(38)24(33)14(2)23(17)32(35,36)37)41-30(42-28(22)44)46-13-31(5-6-31)12-43-10-21-20(43)11-45-21/h7,15-16,19-21,39H,4-6,8-13,38H2,1-3H3/t15-,16+,19-,20?,21?/m0/s1. The molecule has 3 aromatic rings. The molecular formula is C32H36F5N7O3. The molecule has 1 aromatic carbocycles. The van der Waals surface area contributed by atoms with Crippen molar-refractivity contribution >= 4 is 22.4 Å². The highest BCUT2D eigenvalue weighted by molar-refractivity contribution is 5.97. The van der Waals surface area contributed by atoms with Crippen molar-refractivity contribution in [2.24, 2.45) is 5.41 Å². The van der Waals surface area contributed by atoms with Crippen LogP contribution in [0.25, 0.3) is 22.2 Å². The van der Waals surface area contributed by atoms with Crippen molar-refractivity contribution < 1.29 is 36.2 Å². The molecule has 8 rings (SSSR count). The number of fused-ring (bicyclic) bond motifs is 3. The smallest absolute Gasteiger partial charge is 0.417 e. The zero-order chi connectivity index (χ0) is 33.0. The molecule has 1 saturated carbocycles. The normalized spacial score (nSPS) is 27.7. The Morgan fingerprint density at radius 3 is 2.55 bits per heavy atom. The van der Waals surface area contributed by atoms with Gasteiger partial charge in [-0.2, -0.15) is 23.1 Å². The molecule has 4 aliphatic heterocycles. The van der Waals surface area contributed by atoms with E-state index < -0.39 is 52.0 Å². The second-order valence-corrected chi connectivity index (χ2v) is 13.7. The largest absolute Gasteiger partial charge is 0.472 e. The Labute approximate surface area is 267 Å². The molecule has 1 aliphatic carbocycles. The number of nitrogens with zero attached hydrogens (tertiary/aromatic N) is 5. The summed E-state index contributed by atoms with van der Waals surface area (Å²) in [5.74, 6) is -2.13. The molecule has 15 heteroatoms. The Morgan fingerprint density at radius 2 is 1.91 bits per heavy atom. The maximum atomic E-state index is 16.8. The van der Waals surface area contributed by atoms with Gasteiger partial charge in [0.2, 0.25) is 5.88 Å². The SMILES string of the molecule is CC[C@@H]1CN2c3nc(OCC4(CN5CC6OCC65)CC4)nc4c(F)c(-c5cc(N)c(F)c(C)c5C(F)(F)F)nc(c34)O[C@@H](C)[C@@H]2CN1. The molecule has 47 heavy (non-hydrogen) atoms. The number of aromatic nitrogens is 3. The fourth-order valence-electron chi connectivity index (χ4n) is 7.45. The molecule has 0 amide bonds. The molecule has 2 unspecified atom stereocenters. The van der Waals surface area contributed by atoms with E-state index in [1.54, 1.807) is 0 Å². The van der Waals surface area contributed by atoms with Gasteiger partial charge in [-0.05, 0) is 44.7 Å². The Kier molecular flexibility index (Phi) is 7.02. The van der Waals surface area contributed by atoms with Crippen molar-refractivity contribution in [3.05, 3.63) is 28.8 Å². The lowest BCUT2D eigenvalue weighted by molar-refractivity contribution is -0.218. The first-order valence-corrected chi connectivity index (χ1v) is 16.1. The molecule has 2 aromatic heterocycles. The number of nitrogen functional groups attached to an aromatic ring is 1. The van der Waals surface area contributed by atoms with Gasteiger partial charge < -0.3 is 30.2 Å². The second kappa shape index (κ2) is 10.7. The van der Waals surface area contributed by atoms with Crippen molar-refractivity contribution in [3.63, 3.8) is 0 Å². The van der Waals surface area contributed by atoms with Crippen LogP contribution in [0.5, 0.6) is 11.9 Å².